The van der Waals surface area contributed by atoms with Crippen LogP contribution in [0.3, 0.4) is 0 Å². The van der Waals surface area contributed by atoms with Crippen molar-refractivity contribution in [2.24, 2.45) is 5.92 Å². The van der Waals surface area contributed by atoms with Crippen molar-refractivity contribution in [2.45, 2.75) is 38.1 Å². The van der Waals surface area contributed by atoms with Gasteiger partial charge < -0.3 is 10.0 Å². The Hall–Kier alpha value is -3.02. The highest BCUT2D eigenvalue weighted by atomic mass is 35.5. The molecule has 4 nitrogen and oxygen atoms in total. The van der Waals surface area contributed by atoms with Gasteiger partial charge in [-0.15, -0.1) is 0 Å². The predicted octanol–water partition coefficient (Wildman–Crippen LogP) is 9.69. The zero-order valence-electron chi connectivity index (χ0n) is 24.0. The number of phenolic OH excluding ortho intramolecular Hbond substituents is 1. The van der Waals surface area contributed by atoms with Gasteiger partial charge in [0.05, 0.1) is 21.8 Å². The fourth-order valence-electron chi connectivity index (χ4n) is 6.62. The van der Waals surface area contributed by atoms with E-state index in [0.717, 1.165) is 72.5 Å². The lowest BCUT2D eigenvalue weighted by atomic mass is 9.90. The van der Waals surface area contributed by atoms with Crippen molar-refractivity contribution in [3.63, 3.8) is 0 Å². The number of hydrogen-bond acceptors (Lipinski definition) is 4. The molecule has 1 aliphatic heterocycles. The van der Waals surface area contributed by atoms with Crippen LogP contribution in [0.25, 0.3) is 11.1 Å². The molecule has 1 heterocycles. The van der Waals surface area contributed by atoms with Crippen molar-refractivity contribution in [2.75, 3.05) is 31.1 Å². The Morgan fingerprint density at radius 1 is 0.814 bits per heavy atom. The first kappa shape index (κ1) is 30.0. The molecule has 0 bridgehead atoms. The fraction of sp³-hybridized carbons (Fsp3) is 0.306. The number of Topliss-reactive ketones (excluding diaryl/α,β-unsaturated/α-hetero) is 1. The number of ketones is 1. The molecule has 1 atom stereocenters. The first-order valence-electron chi connectivity index (χ1n) is 15.0. The molecule has 1 aliphatic carbocycles. The number of benzene rings is 4. The molecule has 7 heteroatoms. The summed E-state index contributed by atoms with van der Waals surface area (Å²) in [5.41, 5.74) is 5.49. The molecule has 1 unspecified atom stereocenters. The number of phenols is 1. The molecule has 2 fully saturated rings. The van der Waals surface area contributed by atoms with Crippen LogP contribution in [-0.4, -0.2) is 42.0 Å². The predicted molar refractivity (Wildman–Crippen MR) is 178 cm³/mol. The third-order valence-corrected chi connectivity index (χ3v) is 9.99. The van der Waals surface area contributed by atoms with Gasteiger partial charge in [-0.1, -0.05) is 103 Å². The van der Waals surface area contributed by atoms with Crippen LogP contribution in [0.2, 0.25) is 15.1 Å². The zero-order chi connectivity index (χ0) is 29.9. The monoisotopic (exact) mass is 632 g/mol. The van der Waals surface area contributed by atoms with Crippen LogP contribution in [0.5, 0.6) is 5.75 Å². The third-order valence-electron chi connectivity index (χ3n) is 8.92. The van der Waals surface area contributed by atoms with Gasteiger partial charge >= 0.3 is 0 Å². The smallest absolute Gasteiger partial charge is 0.163 e. The number of carbonyl (C=O) groups is 1. The van der Waals surface area contributed by atoms with Crippen LogP contribution in [0.4, 0.5) is 5.69 Å². The van der Waals surface area contributed by atoms with Gasteiger partial charge in [0.1, 0.15) is 5.75 Å². The molecule has 222 valence electrons. The molecule has 1 N–H and O–H groups in total. The highest BCUT2D eigenvalue weighted by molar-refractivity contribution is 6.43. The normalized spacial score (nSPS) is 16.9. The number of halogens is 3. The van der Waals surface area contributed by atoms with Crippen LogP contribution in [0.15, 0.2) is 84.9 Å². The highest BCUT2D eigenvalue weighted by Crippen LogP contribution is 2.40. The second-order valence-corrected chi connectivity index (χ2v) is 12.9. The van der Waals surface area contributed by atoms with E-state index >= 15 is 0 Å². The molecular weight excluding hydrogens is 599 g/mol. The Morgan fingerprint density at radius 3 is 2.26 bits per heavy atom. The highest BCUT2D eigenvalue weighted by Gasteiger charge is 2.30. The summed E-state index contributed by atoms with van der Waals surface area (Å²) in [7, 11) is 0. The Balaban J connectivity index is 1.35. The third kappa shape index (κ3) is 6.73. The van der Waals surface area contributed by atoms with Crippen molar-refractivity contribution in [3.8, 4) is 16.9 Å². The largest absolute Gasteiger partial charge is 0.508 e. The van der Waals surface area contributed by atoms with Crippen LogP contribution in [0.1, 0.15) is 59.6 Å². The summed E-state index contributed by atoms with van der Waals surface area (Å²) in [5, 5.41) is 13.1. The lowest BCUT2D eigenvalue weighted by molar-refractivity contribution is 0.0962. The van der Waals surface area contributed by atoms with Crippen molar-refractivity contribution >= 4 is 46.3 Å². The van der Waals surface area contributed by atoms with Crippen LogP contribution in [0, 0.1) is 5.92 Å². The van der Waals surface area contributed by atoms with Crippen molar-refractivity contribution < 1.29 is 9.90 Å². The minimum atomic E-state index is -0.247. The van der Waals surface area contributed by atoms with E-state index in [2.05, 4.69) is 21.9 Å². The van der Waals surface area contributed by atoms with Gasteiger partial charge in [0, 0.05) is 48.7 Å². The molecule has 6 rings (SSSR count). The number of anilines is 1. The average Bonchev–Trinajstić information content (AvgIpc) is 3.54. The second-order valence-electron chi connectivity index (χ2n) is 11.7. The van der Waals surface area contributed by atoms with Gasteiger partial charge in [0.25, 0.3) is 0 Å². The fourth-order valence-corrected chi connectivity index (χ4v) is 7.16. The number of hydrogen-bond donors (Lipinski definition) is 1. The quantitative estimate of drug-likeness (QED) is 0.196. The van der Waals surface area contributed by atoms with Gasteiger partial charge in [-0.25, -0.2) is 0 Å². The molecule has 0 spiro atoms. The lowest BCUT2D eigenvalue weighted by Gasteiger charge is -2.41. The van der Waals surface area contributed by atoms with Crippen molar-refractivity contribution in [3.05, 3.63) is 117 Å². The van der Waals surface area contributed by atoms with Gasteiger partial charge in [0.2, 0.25) is 0 Å². The van der Waals surface area contributed by atoms with Crippen LogP contribution < -0.4 is 4.90 Å². The van der Waals surface area contributed by atoms with Gasteiger partial charge in [-0.05, 0) is 65.1 Å². The van der Waals surface area contributed by atoms with Gasteiger partial charge in [-0.3, -0.25) is 9.69 Å². The van der Waals surface area contributed by atoms with E-state index in [1.54, 1.807) is 12.1 Å². The molecule has 0 aromatic heterocycles. The first-order chi connectivity index (χ1) is 20.9. The average molecular weight is 634 g/mol. The zero-order valence-corrected chi connectivity index (χ0v) is 26.3. The standard InChI is InChI=1S/C36H35Cl3N2O2/c37-29-14-11-25(12-15-29)26-13-16-33(42)30(23-26)36(28-8-3-7-27(22-28)34(43)21-24-5-1-2-6-24)41-19-17-40(18-20-41)32-10-4-9-31(38)35(32)39/h3-4,7-16,22-24,36,42H,1-2,5-6,17-21H2. The first-order valence-corrected chi connectivity index (χ1v) is 16.2. The topological polar surface area (TPSA) is 43.8 Å². The second kappa shape index (κ2) is 13.3. The maximum atomic E-state index is 13.4. The Morgan fingerprint density at radius 2 is 1.51 bits per heavy atom. The number of carbonyl (C=O) groups excluding carboxylic acids is 1. The molecule has 0 radical (unpaired) electrons. The van der Waals surface area contributed by atoms with Crippen LogP contribution >= 0.6 is 34.8 Å². The minimum Gasteiger partial charge on any atom is -0.508 e. The van der Waals surface area contributed by atoms with E-state index in [1.165, 1.54) is 12.8 Å². The summed E-state index contributed by atoms with van der Waals surface area (Å²) in [6.07, 6.45) is 5.32. The van der Waals surface area contributed by atoms with E-state index < -0.39 is 0 Å². The van der Waals surface area contributed by atoms with Crippen molar-refractivity contribution in [1.82, 2.24) is 4.90 Å². The SMILES string of the molecule is O=C(CC1CCCC1)c1cccc(C(c2cc(-c3ccc(Cl)cc3)ccc2O)N2CCN(c3cccc(Cl)c3Cl)CC2)c1. The molecule has 0 amide bonds. The van der Waals surface area contributed by atoms with Crippen molar-refractivity contribution in [1.29, 1.82) is 0 Å². The molecular formula is C36H35Cl3N2O2. The van der Waals surface area contributed by atoms with E-state index in [1.807, 2.05) is 60.7 Å². The number of aromatic hydroxyl groups is 1. The lowest BCUT2D eigenvalue weighted by Crippen LogP contribution is -2.48. The van der Waals surface area contributed by atoms with E-state index in [-0.39, 0.29) is 17.6 Å². The summed E-state index contributed by atoms with van der Waals surface area (Å²) in [5.74, 6) is 0.913. The minimum absolute atomic E-state index is 0.201. The van der Waals surface area contributed by atoms with Gasteiger partial charge in [-0.2, -0.15) is 0 Å². The molecule has 4 aromatic rings. The molecule has 43 heavy (non-hydrogen) atoms. The molecule has 2 aliphatic rings. The number of rotatable bonds is 8. The van der Waals surface area contributed by atoms with Gasteiger partial charge in [0.15, 0.2) is 5.78 Å². The maximum Gasteiger partial charge on any atom is 0.163 e. The van der Waals surface area contributed by atoms with E-state index in [9.17, 15) is 9.90 Å². The Bertz CT molecular complexity index is 1590. The summed E-state index contributed by atoms with van der Waals surface area (Å²) in [4.78, 5) is 18.0. The van der Waals surface area contributed by atoms with E-state index in [0.29, 0.717) is 27.4 Å². The summed E-state index contributed by atoms with van der Waals surface area (Å²) in [6.45, 7) is 2.96. The van der Waals surface area contributed by atoms with E-state index in [4.69, 9.17) is 34.8 Å². The molecule has 1 saturated heterocycles. The summed E-state index contributed by atoms with van der Waals surface area (Å²) >= 11 is 19.1. The molecule has 4 aromatic carbocycles. The maximum absolute atomic E-state index is 13.4. The Labute approximate surface area is 268 Å². The van der Waals surface area contributed by atoms with Crippen LogP contribution in [-0.2, 0) is 0 Å². The summed E-state index contributed by atoms with van der Waals surface area (Å²) in [6, 6.07) is 27.0. The number of nitrogens with zero attached hydrogens (tertiary/aromatic N) is 2. The Kier molecular flexibility index (Phi) is 9.30. The number of piperazine rings is 1. The summed E-state index contributed by atoms with van der Waals surface area (Å²) < 4.78 is 0. The molecule has 1 saturated carbocycles.